The molecule has 3 heterocycles. The first-order valence-corrected chi connectivity index (χ1v) is 11.4. The Bertz CT molecular complexity index is 647. The predicted molar refractivity (Wildman–Crippen MR) is 101 cm³/mol. The van der Waals surface area contributed by atoms with Gasteiger partial charge in [0, 0.05) is 64.3 Å². The van der Waals surface area contributed by atoms with Crippen LogP contribution in [0.1, 0.15) is 24.0 Å². The fourth-order valence-electron chi connectivity index (χ4n) is 3.28. The first-order valence-electron chi connectivity index (χ1n) is 9.08. The number of hydrogen-bond acceptors (Lipinski definition) is 6. The molecule has 2 fully saturated rings. The van der Waals surface area contributed by atoms with Gasteiger partial charge in [0.05, 0.1) is 10.7 Å². The fraction of sp³-hybridized carbons (Fsp3) is 0.812. The van der Waals surface area contributed by atoms with E-state index in [1.165, 1.54) is 5.01 Å². The zero-order valence-corrected chi connectivity index (χ0v) is 16.9. The first kappa shape index (κ1) is 19.2. The van der Waals surface area contributed by atoms with Crippen molar-refractivity contribution in [1.29, 1.82) is 0 Å². The topological polar surface area (TPSA) is 60.0 Å². The molecule has 2 saturated heterocycles. The number of nitrogens with zero attached hydrogens (tertiary/aromatic N) is 5. The van der Waals surface area contributed by atoms with Crippen molar-refractivity contribution in [3.63, 3.8) is 0 Å². The molecule has 0 amide bonds. The molecule has 0 aliphatic carbocycles. The number of thiazole rings is 1. The monoisotopic (exact) mass is 387 g/mol. The van der Waals surface area contributed by atoms with Crippen LogP contribution in [0.5, 0.6) is 0 Å². The molecule has 2 aliphatic heterocycles. The average Bonchev–Trinajstić information content (AvgIpc) is 3.03. The largest absolute Gasteiger partial charge is 0.304 e. The summed E-state index contributed by atoms with van der Waals surface area (Å²) < 4.78 is 28.9. The molecule has 0 bridgehead atoms. The smallest absolute Gasteiger partial charge is 0.282 e. The molecule has 0 unspecified atom stereocenters. The third-order valence-corrected chi connectivity index (χ3v) is 7.89. The normalized spacial score (nSPS) is 22.5. The summed E-state index contributed by atoms with van der Waals surface area (Å²) in [5, 5.41) is 3.34. The molecule has 3 rings (SSSR count). The van der Waals surface area contributed by atoms with E-state index in [4.69, 9.17) is 0 Å². The zero-order valence-electron chi connectivity index (χ0n) is 15.2. The van der Waals surface area contributed by atoms with Crippen LogP contribution in [0, 0.1) is 0 Å². The minimum absolute atomic E-state index is 0.570. The van der Waals surface area contributed by atoms with E-state index in [9.17, 15) is 8.42 Å². The van der Waals surface area contributed by atoms with Crippen molar-refractivity contribution in [2.24, 2.45) is 0 Å². The van der Waals surface area contributed by atoms with Crippen molar-refractivity contribution < 1.29 is 8.42 Å². The Morgan fingerprint density at radius 1 is 1.04 bits per heavy atom. The lowest BCUT2D eigenvalue weighted by molar-refractivity contribution is 0.164. The summed E-state index contributed by atoms with van der Waals surface area (Å²) in [4.78, 5) is 9.15. The standard InChI is InChI=1S/C16H29N5O2S2/c1-3-4-16-17-15(14-24-16)13-19-7-11-21(12-8-19)25(22,23)20-9-5-18(2)6-10-20/h14H,3-13H2,1-2H3. The van der Waals surface area contributed by atoms with E-state index < -0.39 is 10.2 Å². The zero-order chi connectivity index (χ0) is 17.9. The van der Waals surface area contributed by atoms with Crippen LogP contribution in [0.15, 0.2) is 5.38 Å². The Kier molecular flexibility index (Phi) is 6.45. The molecule has 2 aliphatic rings. The van der Waals surface area contributed by atoms with E-state index in [1.54, 1.807) is 19.9 Å². The molecule has 0 radical (unpaired) electrons. The molecule has 0 saturated carbocycles. The fourth-order valence-corrected chi connectivity index (χ4v) is 5.75. The SMILES string of the molecule is CCCc1nc(CN2CCN(S(=O)(=O)N3CCN(C)CC3)CC2)cs1. The van der Waals surface area contributed by atoms with Gasteiger partial charge in [-0.2, -0.15) is 17.0 Å². The minimum atomic E-state index is -3.31. The van der Waals surface area contributed by atoms with Crippen LogP contribution >= 0.6 is 11.3 Å². The lowest BCUT2D eigenvalue weighted by Crippen LogP contribution is -2.56. The second-order valence-corrected chi connectivity index (χ2v) is 9.74. The molecule has 0 N–H and O–H groups in total. The second kappa shape index (κ2) is 8.41. The summed E-state index contributed by atoms with van der Waals surface area (Å²) in [5.41, 5.74) is 1.11. The molecule has 142 valence electrons. The average molecular weight is 388 g/mol. The first-order chi connectivity index (χ1) is 12.0. The maximum Gasteiger partial charge on any atom is 0.282 e. The van der Waals surface area contributed by atoms with Crippen molar-refractivity contribution in [2.75, 3.05) is 59.4 Å². The van der Waals surface area contributed by atoms with Crippen molar-refractivity contribution in [2.45, 2.75) is 26.3 Å². The Morgan fingerprint density at radius 2 is 1.64 bits per heavy atom. The summed E-state index contributed by atoms with van der Waals surface area (Å²) in [6.07, 6.45) is 2.16. The summed E-state index contributed by atoms with van der Waals surface area (Å²) in [6.45, 7) is 8.48. The van der Waals surface area contributed by atoms with E-state index >= 15 is 0 Å². The highest BCUT2D eigenvalue weighted by Gasteiger charge is 2.33. The van der Waals surface area contributed by atoms with Gasteiger partial charge >= 0.3 is 0 Å². The van der Waals surface area contributed by atoms with Crippen LogP contribution in [0.25, 0.3) is 0 Å². The third kappa shape index (κ3) is 4.78. The van der Waals surface area contributed by atoms with Crippen LogP contribution in [0.4, 0.5) is 0 Å². The molecule has 25 heavy (non-hydrogen) atoms. The van der Waals surface area contributed by atoms with Gasteiger partial charge in [0.1, 0.15) is 0 Å². The molecule has 1 aromatic heterocycles. The summed E-state index contributed by atoms with van der Waals surface area (Å²) in [7, 11) is -1.27. The number of rotatable bonds is 6. The highest BCUT2D eigenvalue weighted by atomic mass is 32.2. The highest BCUT2D eigenvalue weighted by molar-refractivity contribution is 7.86. The number of aromatic nitrogens is 1. The van der Waals surface area contributed by atoms with Gasteiger partial charge in [-0.15, -0.1) is 11.3 Å². The van der Waals surface area contributed by atoms with Crippen LogP contribution in [0.3, 0.4) is 0 Å². The summed E-state index contributed by atoms with van der Waals surface area (Å²) in [5.74, 6) is 0. The summed E-state index contributed by atoms with van der Waals surface area (Å²) in [6, 6.07) is 0. The van der Waals surface area contributed by atoms with Crippen molar-refractivity contribution >= 4 is 21.5 Å². The van der Waals surface area contributed by atoms with E-state index in [0.29, 0.717) is 26.2 Å². The predicted octanol–water partition coefficient (Wildman–Crippen LogP) is 0.705. The molecule has 0 spiro atoms. The number of hydrogen-bond donors (Lipinski definition) is 0. The van der Waals surface area contributed by atoms with Gasteiger partial charge in [-0.1, -0.05) is 6.92 Å². The molecular formula is C16H29N5O2S2. The van der Waals surface area contributed by atoms with E-state index in [1.807, 2.05) is 7.05 Å². The highest BCUT2D eigenvalue weighted by Crippen LogP contribution is 2.17. The lowest BCUT2D eigenvalue weighted by atomic mass is 10.3. The van der Waals surface area contributed by atoms with Gasteiger partial charge in [0.25, 0.3) is 10.2 Å². The van der Waals surface area contributed by atoms with Gasteiger partial charge in [-0.3, -0.25) is 4.90 Å². The van der Waals surface area contributed by atoms with Gasteiger partial charge in [0.15, 0.2) is 0 Å². The quantitative estimate of drug-likeness (QED) is 0.719. The molecule has 7 nitrogen and oxygen atoms in total. The minimum Gasteiger partial charge on any atom is -0.304 e. The third-order valence-electron chi connectivity index (χ3n) is 4.89. The summed E-state index contributed by atoms with van der Waals surface area (Å²) >= 11 is 1.73. The van der Waals surface area contributed by atoms with Crippen molar-refractivity contribution in [3.8, 4) is 0 Å². The van der Waals surface area contributed by atoms with Gasteiger partial charge in [-0.05, 0) is 19.9 Å². The second-order valence-electron chi connectivity index (χ2n) is 6.87. The van der Waals surface area contributed by atoms with E-state index in [2.05, 4.69) is 27.1 Å². The van der Waals surface area contributed by atoms with Crippen molar-refractivity contribution in [3.05, 3.63) is 16.1 Å². The van der Waals surface area contributed by atoms with Gasteiger partial charge in [-0.25, -0.2) is 4.98 Å². The maximum absolute atomic E-state index is 12.8. The molecule has 0 atom stereocenters. The molecule has 9 heteroatoms. The van der Waals surface area contributed by atoms with Crippen LogP contribution < -0.4 is 0 Å². The van der Waals surface area contributed by atoms with E-state index in [-0.39, 0.29) is 0 Å². The number of likely N-dealkylation sites (N-methyl/N-ethyl adjacent to an activating group) is 1. The Hall–Kier alpha value is -0.580. The molecular weight excluding hydrogens is 358 g/mol. The Labute approximate surface area is 155 Å². The number of piperazine rings is 2. The van der Waals surface area contributed by atoms with Crippen molar-refractivity contribution in [1.82, 2.24) is 23.4 Å². The van der Waals surface area contributed by atoms with Gasteiger partial charge < -0.3 is 4.90 Å². The number of aryl methyl sites for hydroxylation is 1. The van der Waals surface area contributed by atoms with Crippen LogP contribution in [0.2, 0.25) is 0 Å². The molecule has 1 aromatic rings. The Balaban J connectivity index is 1.50. The van der Waals surface area contributed by atoms with Crippen LogP contribution in [-0.4, -0.2) is 91.2 Å². The van der Waals surface area contributed by atoms with Gasteiger partial charge in [0.2, 0.25) is 0 Å². The molecule has 0 aromatic carbocycles. The van der Waals surface area contributed by atoms with Crippen LogP contribution in [-0.2, 0) is 23.2 Å². The maximum atomic E-state index is 12.8. The van der Waals surface area contributed by atoms with E-state index in [0.717, 1.165) is 51.3 Å². The lowest BCUT2D eigenvalue weighted by Gasteiger charge is -2.38. The Morgan fingerprint density at radius 3 is 2.24 bits per heavy atom.